The zero-order valence-corrected chi connectivity index (χ0v) is 9.73. The maximum atomic E-state index is 11.3. The Morgan fingerprint density at radius 1 is 1.69 bits per heavy atom. The van der Waals surface area contributed by atoms with E-state index in [2.05, 4.69) is 27.8 Å². The molecule has 4 heteroatoms. The molecule has 2 atom stereocenters. The van der Waals surface area contributed by atoms with Gasteiger partial charge in [0.05, 0.1) is 6.04 Å². The van der Waals surface area contributed by atoms with Crippen molar-refractivity contribution in [3.05, 3.63) is 11.1 Å². The van der Waals surface area contributed by atoms with E-state index in [9.17, 15) is 4.79 Å². The van der Waals surface area contributed by atoms with E-state index < -0.39 is 6.04 Å². The van der Waals surface area contributed by atoms with E-state index in [0.29, 0.717) is 6.54 Å². The molecular formula is C9H17BrN2O. The molecule has 0 heterocycles. The SMILES string of the molecule is C=C(Br)CNC(=O)[C@@H](N)[C@@H](C)CC. The second kappa shape index (κ2) is 6.16. The van der Waals surface area contributed by atoms with Gasteiger partial charge in [-0.3, -0.25) is 4.79 Å². The van der Waals surface area contributed by atoms with Crippen LogP contribution in [0.2, 0.25) is 0 Å². The normalized spacial score (nSPS) is 14.8. The summed E-state index contributed by atoms with van der Waals surface area (Å²) in [6, 6.07) is -0.420. The second-order valence-corrected chi connectivity index (χ2v) is 4.27. The fourth-order valence-electron chi connectivity index (χ4n) is 0.813. The number of hydrogen-bond acceptors (Lipinski definition) is 2. The minimum absolute atomic E-state index is 0.116. The molecule has 0 bridgehead atoms. The highest BCUT2D eigenvalue weighted by Gasteiger charge is 2.18. The Bertz CT molecular complexity index is 194. The third-order valence-corrected chi connectivity index (χ3v) is 2.29. The lowest BCUT2D eigenvalue weighted by atomic mass is 9.99. The average molecular weight is 249 g/mol. The molecule has 0 aliphatic rings. The van der Waals surface area contributed by atoms with Gasteiger partial charge in [-0.15, -0.1) is 0 Å². The molecule has 3 nitrogen and oxygen atoms in total. The number of nitrogens with one attached hydrogen (secondary N) is 1. The molecule has 0 aliphatic carbocycles. The number of halogens is 1. The summed E-state index contributed by atoms with van der Waals surface area (Å²) < 4.78 is 0.747. The van der Waals surface area contributed by atoms with Gasteiger partial charge < -0.3 is 11.1 Å². The van der Waals surface area contributed by atoms with Crippen molar-refractivity contribution in [2.24, 2.45) is 11.7 Å². The Morgan fingerprint density at radius 3 is 2.62 bits per heavy atom. The molecule has 13 heavy (non-hydrogen) atoms. The van der Waals surface area contributed by atoms with Crippen molar-refractivity contribution in [3.8, 4) is 0 Å². The van der Waals surface area contributed by atoms with Crippen molar-refractivity contribution in [2.75, 3.05) is 6.54 Å². The van der Waals surface area contributed by atoms with E-state index >= 15 is 0 Å². The predicted molar refractivity (Wildman–Crippen MR) is 58.5 cm³/mol. The van der Waals surface area contributed by atoms with Crippen LogP contribution in [0.1, 0.15) is 20.3 Å². The minimum atomic E-state index is -0.420. The number of hydrogen-bond donors (Lipinski definition) is 2. The van der Waals surface area contributed by atoms with E-state index in [-0.39, 0.29) is 11.8 Å². The summed E-state index contributed by atoms with van der Waals surface area (Å²) in [6.07, 6.45) is 0.907. The molecule has 0 aromatic heterocycles. The quantitative estimate of drug-likeness (QED) is 0.773. The lowest BCUT2D eigenvalue weighted by Gasteiger charge is -2.17. The van der Waals surface area contributed by atoms with Crippen LogP contribution in [0, 0.1) is 5.92 Å². The van der Waals surface area contributed by atoms with Gasteiger partial charge >= 0.3 is 0 Å². The third kappa shape index (κ3) is 5.05. The van der Waals surface area contributed by atoms with Gasteiger partial charge in [-0.05, 0) is 5.92 Å². The van der Waals surface area contributed by atoms with Gasteiger partial charge in [0.15, 0.2) is 0 Å². The van der Waals surface area contributed by atoms with E-state index in [1.807, 2.05) is 13.8 Å². The maximum Gasteiger partial charge on any atom is 0.237 e. The first-order valence-electron chi connectivity index (χ1n) is 4.35. The Balaban J connectivity index is 3.89. The second-order valence-electron chi connectivity index (χ2n) is 3.15. The van der Waals surface area contributed by atoms with Crippen LogP contribution in [0.5, 0.6) is 0 Å². The van der Waals surface area contributed by atoms with E-state index in [4.69, 9.17) is 5.73 Å². The highest BCUT2D eigenvalue weighted by atomic mass is 79.9. The molecular weight excluding hydrogens is 232 g/mol. The molecule has 76 valence electrons. The van der Waals surface area contributed by atoms with Crippen molar-refractivity contribution >= 4 is 21.8 Å². The monoisotopic (exact) mass is 248 g/mol. The topological polar surface area (TPSA) is 55.1 Å². The minimum Gasteiger partial charge on any atom is -0.350 e. The number of carbonyl (C=O) groups is 1. The van der Waals surface area contributed by atoms with Gasteiger partial charge in [0.1, 0.15) is 0 Å². The number of amides is 1. The number of carbonyl (C=O) groups excluding carboxylic acids is 1. The van der Waals surface area contributed by atoms with Crippen LogP contribution in [0.4, 0.5) is 0 Å². The molecule has 0 unspecified atom stereocenters. The molecule has 0 spiro atoms. The van der Waals surface area contributed by atoms with E-state index in [0.717, 1.165) is 10.9 Å². The standard InChI is InChI=1S/C9H17BrN2O/c1-4-6(2)8(11)9(13)12-5-7(3)10/h6,8H,3-5,11H2,1-2H3,(H,12,13)/t6-,8-/m0/s1. The van der Waals surface area contributed by atoms with E-state index in [1.165, 1.54) is 0 Å². The van der Waals surface area contributed by atoms with Gasteiger partial charge in [-0.2, -0.15) is 0 Å². The van der Waals surface area contributed by atoms with Crippen molar-refractivity contribution in [3.63, 3.8) is 0 Å². The summed E-state index contributed by atoms with van der Waals surface area (Å²) in [5.41, 5.74) is 5.70. The van der Waals surface area contributed by atoms with Crippen molar-refractivity contribution in [2.45, 2.75) is 26.3 Å². The molecule has 0 rings (SSSR count). The highest BCUT2D eigenvalue weighted by Crippen LogP contribution is 2.05. The summed E-state index contributed by atoms with van der Waals surface area (Å²) >= 11 is 3.16. The average Bonchev–Trinajstić information content (AvgIpc) is 2.11. The molecule has 1 amide bonds. The Morgan fingerprint density at radius 2 is 2.23 bits per heavy atom. The summed E-state index contributed by atoms with van der Waals surface area (Å²) in [5, 5.41) is 2.69. The van der Waals surface area contributed by atoms with Gasteiger partial charge in [-0.1, -0.05) is 42.8 Å². The zero-order chi connectivity index (χ0) is 10.4. The van der Waals surface area contributed by atoms with Crippen molar-refractivity contribution in [1.29, 1.82) is 0 Å². The van der Waals surface area contributed by atoms with Crippen LogP contribution in [0.15, 0.2) is 11.1 Å². The molecule has 3 N–H and O–H groups in total. The summed E-state index contributed by atoms with van der Waals surface area (Å²) in [7, 11) is 0. The maximum absolute atomic E-state index is 11.3. The highest BCUT2D eigenvalue weighted by molar-refractivity contribution is 9.11. The first-order chi connectivity index (χ1) is 5.99. The zero-order valence-electron chi connectivity index (χ0n) is 8.14. The Hall–Kier alpha value is -0.350. The fraction of sp³-hybridized carbons (Fsp3) is 0.667. The Kier molecular flexibility index (Phi) is 5.99. The van der Waals surface area contributed by atoms with Crippen LogP contribution in [0.25, 0.3) is 0 Å². The van der Waals surface area contributed by atoms with Gasteiger partial charge in [-0.25, -0.2) is 0 Å². The van der Waals surface area contributed by atoms with Crippen LogP contribution in [-0.2, 0) is 4.79 Å². The summed E-state index contributed by atoms with van der Waals surface area (Å²) in [4.78, 5) is 11.3. The van der Waals surface area contributed by atoms with Crippen molar-refractivity contribution in [1.82, 2.24) is 5.32 Å². The summed E-state index contributed by atoms with van der Waals surface area (Å²) in [5.74, 6) is 0.0959. The van der Waals surface area contributed by atoms with Crippen LogP contribution in [-0.4, -0.2) is 18.5 Å². The predicted octanol–water partition coefficient (Wildman–Crippen LogP) is 1.38. The van der Waals surface area contributed by atoms with Gasteiger partial charge in [0.2, 0.25) is 5.91 Å². The molecule has 0 aromatic carbocycles. The van der Waals surface area contributed by atoms with Gasteiger partial charge in [0.25, 0.3) is 0 Å². The molecule has 0 aromatic rings. The first-order valence-corrected chi connectivity index (χ1v) is 5.14. The fourth-order valence-corrected chi connectivity index (χ4v) is 0.953. The van der Waals surface area contributed by atoms with Crippen LogP contribution in [0.3, 0.4) is 0 Å². The largest absolute Gasteiger partial charge is 0.350 e. The molecule has 0 radical (unpaired) electrons. The smallest absolute Gasteiger partial charge is 0.237 e. The van der Waals surface area contributed by atoms with Crippen LogP contribution >= 0.6 is 15.9 Å². The first kappa shape index (κ1) is 12.7. The number of nitrogens with two attached hydrogens (primary N) is 1. The van der Waals surface area contributed by atoms with E-state index in [1.54, 1.807) is 0 Å². The van der Waals surface area contributed by atoms with Gasteiger partial charge in [0, 0.05) is 11.0 Å². The third-order valence-electron chi connectivity index (χ3n) is 2.01. The lowest BCUT2D eigenvalue weighted by Crippen LogP contribution is -2.44. The molecule has 0 aliphatic heterocycles. The Labute approximate surface area is 87.9 Å². The summed E-state index contributed by atoms with van der Waals surface area (Å²) in [6.45, 7) is 8.03. The molecule has 0 saturated carbocycles. The molecule has 0 fully saturated rings. The number of rotatable bonds is 5. The van der Waals surface area contributed by atoms with Crippen LogP contribution < -0.4 is 11.1 Å². The lowest BCUT2D eigenvalue weighted by molar-refractivity contribution is -0.123. The molecule has 0 saturated heterocycles. The van der Waals surface area contributed by atoms with Crippen molar-refractivity contribution < 1.29 is 4.79 Å².